The van der Waals surface area contributed by atoms with Crippen molar-refractivity contribution in [2.24, 2.45) is 12.8 Å². The summed E-state index contributed by atoms with van der Waals surface area (Å²) in [6, 6.07) is 7.11. The summed E-state index contributed by atoms with van der Waals surface area (Å²) in [5, 5.41) is 15.2. The van der Waals surface area contributed by atoms with Crippen LogP contribution in [-0.2, 0) is 63.6 Å². The van der Waals surface area contributed by atoms with E-state index in [-0.39, 0.29) is 81.2 Å². The number of anilines is 2. The summed E-state index contributed by atoms with van der Waals surface area (Å²) in [5.41, 5.74) is 3.16. The van der Waals surface area contributed by atoms with Crippen LogP contribution in [0.5, 0.6) is 17.8 Å². The van der Waals surface area contributed by atoms with E-state index in [1.807, 2.05) is 0 Å². The number of carbonyl (C=O) groups excluding carboxylic acids is 3. The first-order valence-corrected chi connectivity index (χ1v) is 33.5. The number of aliphatic carboxylic acids is 1. The number of nitrogens with two attached hydrogens (primary N) is 1. The number of rotatable bonds is 20. The minimum atomic E-state index is -4.69. The number of hydrogen-bond acceptors (Lipinski definition) is 23. The van der Waals surface area contributed by atoms with Gasteiger partial charge in [-0.1, -0.05) is 36.7 Å². The molecular weight excluding hydrogens is 1420 g/mol. The van der Waals surface area contributed by atoms with Gasteiger partial charge in [0.05, 0.1) is 59.2 Å². The van der Waals surface area contributed by atoms with Crippen molar-refractivity contribution in [1.29, 1.82) is 0 Å². The maximum absolute atomic E-state index is 14.3. The highest BCUT2D eigenvalue weighted by atomic mass is 79.9. The number of halogens is 9. The van der Waals surface area contributed by atoms with E-state index in [1.54, 1.807) is 23.3 Å². The van der Waals surface area contributed by atoms with E-state index in [1.165, 1.54) is 72.2 Å². The quantitative estimate of drug-likeness (QED) is 0.0224. The van der Waals surface area contributed by atoms with Gasteiger partial charge in [-0.05, 0) is 85.4 Å². The summed E-state index contributed by atoms with van der Waals surface area (Å²) in [6.45, 7) is 7.26. The van der Waals surface area contributed by atoms with Crippen molar-refractivity contribution in [3.8, 4) is 29.0 Å². The van der Waals surface area contributed by atoms with Gasteiger partial charge in [0.15, 0.2) is 27.9 Å². The van der Waals surface area contributed by atoms with Gasteiger partial charge < -0.3 is 34.7 Å². The number of carboxylic acids is 1. The number of sulfone groups is 1. The monoisotopic (exact) mass is 1470 g/mol. The van der Waals surface area contributed by atoms with Gasteiger partial charge in [0.25, 0.3) is 20.0 Å². The summed E-state index contributed by atoms with van der Waals surface area (Å²) in [7, 11) is -11.0. The molecule has 0 aliphatic rings. The number of alkyl halides is 6. The van der Waals surface area contributed by atoms with Gasteiger partial charge in [-0.25, -0.2) is 50.0 Å². The molecule has 4 amide bonds. The molecule has 0 radical (unpaired) electrons. The van der Waals surface area contributed by atoms with Crippen LogP contribution in [0.15, 0.2) is 80.1 Å². The molecule has 6 rings (SSSR count). The lowest BCUT2D eigenvalue weighted by Gasteiger charge is -2.13. The number of benzene rings is 2. The van der Waals surface area contributed by atoms with E-state index in [9.17, 15) is 79.7 Å². The number of ether oxygens (including phenoxy) is 4. The molecule has 0 saturated heterocycles. The third-order valence-corrected chi connectivity index (χ3v) is 17.6. The number of hydrogen-bond donors (Lipinski definition) is 7. The number of esters is 1. The van der Waals surface area contributed by atoms with Crippen LogP contribution in [0.2, 0.25) is 5.02 Å². The van der Waals surface area contributed by atoms with Gasteiger partial charge in [0.2, 0.25) is 23.7 Å². The number of aryl methyl sites for hydroxylation is 3. The molecule has 2 aromatic carbocycles. The third-order valence-electron chi connectivity index (χ3n) is 10.9. The second kappa shape index (κ2) is 33.1. The van der Waals surface area contributed by atoms with Crippen molar-refractivity contribution in [3.63, 3.8) is 0 Å². The van der Waals surface area contributed by atoms with Crippen molar-refractivity contribution >= 4 is 101 Å². The average molecular weight is 1480 g/mol. The molecule has 0 saturated carbocycles. The lowest BCUT2D eigenvalue weighted by atomic mass is 10.1. The minimum absolute atomic E-state index is 0.0412. The molecule has 92 heavy (non-hydrogen) atoms. The Kier molecular flexibility index (Phi) is 28.1. The van der Waals surface area contributed by atoms with Gasteiger partial charge in [-0.15, -0.1) is 0 Å². The fourth-order valence-electron chi connectivity index (χ4n) is 6.74. The molecule has 2 atom stereocenters. The smallest absolute Gasteiger partial charge is 0.434 e. The molecule has 6 aromatic rings. The van der Waals surface area contributed by atoms with Crippen LogP contribution >= 0.6 is 34.9 Å². The molecule has 0 fully saturated rings. The van der Waals surface area contributed by atoms with E-state index in [0.29, 0.717) is 4.68 Å². The van der Waals surface area contributed by atoms with Gasteiger partial charge in [0.1, 0.15) is 28.3 Å². The maximum Gasteiger partial charge on any atom is 0.434 e. The minimum Gasteiger partial charge on any atom is -0.481 e. The first kappa shape index (κ1) is 78.3. The number of nitrogens with zero attached hydrogens (tertiary/aromatic N) is 8. The first-order valence-electron chi connectivity index (χ1n) is 25.4. The Balaban J connectivity index is 0.000000333. The zero-order valence-corrected chi connectivity index (χ0v) is 54.9. The molecular formula is C49H57BrClF7N13O17PS3. The number of carboxylic acid groups (broad SMARTS) is 1. The molecule has 0 spiro atoms. The lowest BCUT2D eigenvalue weighted by molar-refractivity contribution is -0.144. The second-order valence-corrected chi connectivity index (χ2v) is 27.7. The molecule has 30 nitrogen and oxygen atoms in total. The number of urea groups is 2. The number of amides is 4. The van der Waals surface area contributed by atoms with Crippen LogP contribution in [0.3, 0.4) is 0 Å². The Bertz CT molecular complexity index is 4020. The van der Waals surface area contributed by atoms with Crippen molar-refractivity contribution in [3.05, 3.63) is 98.8 Å². The highest BCUT2D eigenvalue weighted by molar-refractivity contribution is 9.10. The van der Waals surface area contributed by atoms with E-state index in [4.69, 9.17) is 46.3 Å². The maximum atomic E-state index is 14.3. The summed E-state index contributed by atoms with van der Waals surface area (Å²) in [5.74, 6) is -3.44. The average Bonchev–Trinajstić information content (AvgIpc) is 1.53. The van der Waals surface area contributed by atoms with Gasteiger partial charge >= 0.3 is 42.4 Å². The van der Waals surface area contributed by atoms with Crippen LogP contribution < -0.4 is 40.0 Å². The van der Waals surface area contributed by atoms with Crippen molar-refractivity contribution < 1.29 is 109 Å². The van der Waals surface area contributed by atoms with Crippen LogP contribution in [0, 0.1) is 12.7 Å². The Morgan fingerprint density at radius 3 is 1.88 bits per heavy atom. The normalized spacial score (nSPS) is 12.6. The fraction of sp³-hybridized carbons (Fsp3) is 0.367. The standard InChI is InChI=1S/C15H12BrClF4N2O2.C15H16F3N5O4S.C14H17N5O7S2.C5H12NO4P/c1-6(2)25-14(24)7-4-8(10(18)5-9(7)17)12-11(16)13(15(19,20)21)23(3)22-12;1-9-19-12(22-14(20-9)27-2)21-13(24)23-28(25,26)11-6-4-3-5-10(11)7-8-15(16,17)18;1-4-27(21,22)9-6-5-7-15-12(9)28(23,24)19-14(20)18-13-16-10(25-2)8-11(17-13)26-3;1-11(9,10)3-2-4(6)5(7)8/h4-6H,1-3H3;3-6H,7-8H2,1-2H3,(H2,19,20,21,22,23,24);5-8H,4H2,1-3H3,(H2,16,17,18,19,20);4H,2-3,6H2,1H3,(H,7,8)(H,9,10). The molecule has 0 aliphatic heterocycles. The largest absolute Gasteiger partial charge is 0.481 e. The molecule has 0 aliphatic carbocycles. The highest BCUT2D eigenvalue weighted by Gasteiger charge is 2.39. The zero-order valence-electron chi connectivity index (χ0n) is 49.2. The molecule has 0 bridgehead atoms. The molecule has 506 valence electrons. The molecule has 43 heteroatoms. The Morgan fingerprint density at radius 2 is 1.38 bits per heavy atom. The lowest BCUT2D eigenvalue weighted by Crippen LogP contribution is -2.36. The number of pyridine rings is 1. The van der Waals surface area contributed by atoms with Gasteiger partial charge in [0, 0.05) is 38.1 Å². The zero-order chi connectivity index (χ0) is 70.1. The van der Waals surface area contributed by atoms with Crippen molar-refractivity contribution in [2.45, 2.75) is 86.3 Å². The van der Waals surface area contributed by atoms with E-state index in [0.717, 1.165) is 37.5 Å². The summed E-state index contributed by atoms with van der Waals surface area (Å²) in [4.78, 5) is 76.7. The second-order valence-electron chi connectivity index (χ2n) is 18.4. The molecule has 8 N–H and O–H groups in total. The molecule has 2 unspecified atom stereocenters. The number of sulfonamides is 2. The SMILES string of the molecule is CC(C)OC(=O)c1cc(-c2nn(C)c(C(F)(F)F)c2Br)c(F)cc1Cl.CCS(=O)(=O)c1cccnc1S(=O)(=O)NC(=O)Nc1nc(OC)cc(OC)n1.COc1nc(C)nc(NC(=O)NS(=O)(=O)c2ccccc2CCC(F)(F)F)n1.CP(=O)(O)CCC(N)C(=O)O. The number of aromatic nitrogens is 8. The Morgan fingerprint density at radius 1 is 0.826 bits per heavy atom. The van der Waals surface area contributed by atoms with Crippen LogP contribution in [0.25, 0.3) is 11.3 Å². The predicted molar refractivity (Wildman–Crippen MR) is 315 cm³/mol. The fourth-order valence-corrected chi connectivity index (χ4v) is 12.2. The van der Waals surface area contributed by atoms with Crippen LogP contribution in [0.4, 0.5) is 52.2 Å². The van der Waals surface area contributed by atoms with Gasteiger partial charge in [-0.3, -0.25) is 24.7 Å². The number of nitrogens with one attached hydrogen (secondary N) is 4. The topological polar surface area (TPSA) is 434 Å². The van der Waals surface area contributed by atoms with E-state index < -0.39 is 129 Å². The first-order chi connectivity index (χ1) is 42.4. The summed E-state index contributed by atoms with van der Waals surface area (Å²) >= 11 is 8.67. The third kappa shape index (κ3) is 24.3. The van der Waals surface area contributed by atoms with Crippen LogP contribution in [0.1, 0.15) is 61.1 Å². The van der Waals surface area contributed by atoms with E-state index >= 15 is 0 Å². The number of carbonyl (C=O) groups is 4. The Hall–Kier alpha value is -7.95. The summed E-state index contributed by atoms with van der Waals surface area (Å²) < 4.78 is 199. The van der Waals surface area contributed by atoms with Crippen molar-refractivity contribution in [2.75, 3.05) is 50.5 Å². The van der Waals surface area contributed by atoms with E-state index in [2.05, 4.69) is 61.6 Å². The van der Waals surface area contributed by atoms with Crippen LogP contribution in [-0.4, -0.2) is 157 Å². The summed E-state index contributed by atoms with van der Waals surface area (Å²) in [6.07, 6.45) is -10.2. The predicted octanol–water partition coefficient (Wildman–Crippen LogP) is 7.30. The molecule has 4 aromatic heterocycles. The number of methoxy groups -OCH3 is 3. The Labute approximate surface area is 533 Å². The molecule has 4 heterocycles. The van der Waals surface area contributed by atoms with Crippen molar-refractivity contribution in [1.82, 2.24) is 49.1 Å². The van der Waals surface area contributed by atoms with Gasteiger partial charge in [-0.2, -0.15) is 64.8 Å². The highest BCUT2D eigenvalue weighted by Crippen LogP contribution is 2.41.